The largest absolute Gasteiger partial charge is 0.326 e. The van der Waals surface area contributed by atoms with Gasteiger partial charge in [0.25, 0.3) is 0 Å². The van der Waals surface area contributed by atoms with E-state index in [1.807, 2.05) is 0 Å². The second-order valence-corrected chi connectivity index (χ2v) is 4.12. The van der Waals surface area contributed by atoms with Crippen molar-refractivity contribution in [3.8, 4) is 0 Å². The monoisotopic (exact) mass is 167 g/mol. The van der Waals surface area contributed by atoms with E-state index in [0.717, 1.165) is 12.8 Å². The summed E-state index contributed by atoms with van der Waals surface area (Å²) in [5.74, 6) is -0.275. The molecule has 0 aromatic carbocycles. The van der Waals surface area contributed by atoms with Crippen molar-refractivity contribution in [3.63, 3.8) is 0 Å². The Morgan fingerprint density at radius 1 is 1.60 bits per heavy atom. The Morgan fingerprint density at radius 3 is 2.40 bits per heavy atom. The smallest absolute Gasteiger partial charge is 0.303 e. The molecule has 0 radical (unpaired) electrons. The second kappa shape index (κ2) is 2.47. The highest BCUT2D eigenvalue weighted by molar-refractivity contribution is 7.86. The lowest BCUT2D eigenvalue weighted by Crippen LogP contribution is -2.29. The zero-order valence-electron chi connectivity index (χ0n) is 5.46. The van der Waals surface area contributed by atoms with E-state index >= 15 is 0 Å². The van der Waals surface area contributed by atoms with Gasteiger partial charge in [-0.15, -0.1) is 3.89 Å². The first kappa shape index (κ1) is 7.94. The van der Waals surface area contributed by atoms with Crippen molar-refractivity contribution in [2.45, 2.75) is 18.9 Å². The van der Waals surface area contributed by atoms with Crippen LogP contribution in [0.5, 0.6) is 0 Å². The molecule has 1 aliphatic carbocycles. The molecule has 1 aliphatic rings. The lowest BCUT2D eigenvalue weighted by atomic mass is 10.2. The fourth-order valence-corrected chi connectivity index (χ4v) is 1.62. The Balaban J connectivity index is 2.37. The Kier molecular flexibility index (Phi) is 1.96. The Hall–Kier alpha value is -0.160. The highest BCUT2D eigenvalue weighted by atomic mass is 32.3. The van der Waals surface area contributed by atoms with Crippen LogP contribution in [0, 0.1) is 5.92 Å². The molecule has 10 heavy (non-hydrogen) atoms. The molecule has 0 spiro atoms. The number of hydrogen-bond acceptors (Lipinski definition) is 3. The van der Waals surface area contributed by atoms with Gasteiger partial charge in [-0.1, -0.05) is 0 Å². The molecule has 0 aromatic rings. The van der Waals surface area contributed by atoms with E-state index in [9.17, 15) is 12.3 Å². The fourth-order valence-electron chi connectivity index (χ4n) is 0.890. The minimum Gasteiger partial charge on any atom is -0.326 e. The van der Waals surface area contributed by atoms with Crippen LogP contribution in [0.25, 0.3) is 0 Å². The van der Waals surface area contributed by atoms with Crippen LogP contribution >= 0.6 is 0 Å². The Bertz CT molecular complexity index is 210. The fraction of sp³-hybridized carbons (Fsp3) is 1.00. The molecular weight excluding hydrogens is 157 g/mol. The molecule has 1 unspecified atom stereocenters. The number of rotatable bonds is 3. The van der Waals surface area contributed by atoms with Crippen LogP contribution in [0.2, 0.25) is 0 Å². The van der Waals surface area contributed by atoms with E-state index in [0.29, 0.717) is 0 Å². The third-order valence-electron chi connectivity index (χ3n) is 1.62. The van der Waals surface area contributed by atoms with Crippen molar-refractivity contribution < 1.29 is 12.3 Å². The van der Waals surface area contributed by atoms with E-state index in [1.165, 1.54) is 0 Å². The quantitative estimate of drug-likeness (QED) is 0.603. The summed E-state index contributed by atoms with van der Waals surface area (Å²) >= 11 is 0. The molecule has 60 valence electrons. The van der Waals surface area contributed by atoms with Crippen molar-refractivity contribution in [2.75, 3.05) is 5.75 Å². The summed E-state index contributed by atoms with van der Waals surface area (Å²) in [6.45, 7) is 0. The lowest BCUT2D eigenvalue weighted by molar-refractivity contribution is 0.534. The number of hydrogen-bond donors (Lipinski definition) is 1. The minimum atomic E-state index is -4.35. The average molecular weight is 167 g/mol. The SMILES string of the molecule is NC(CS(=O)(=O)F)C1CC1. The van der Waals surface area contributed by atoms with Gasteiger partial charge < -0.3 is 5.73 Å². The highest BCUT2D eigenvalue weighted by Crippen LogP contribution is 2.32. The first-order chi connectivity index (χ1) is 4.49. The van der Waals surface area contributed by atoms with Crippen LogP contribution in [-0.2, 0) is 10.2 Å². The molecule has 0 saturated heterocycles. The van der Waals surface area contributed by atoms with Crippen LogP contribution in [0.15, 0.2) is 0 Å². The third-order valence-corrected chi connectivity index (χ3v) is 2.40. The van der Waals surface area contributed by atoms with E-state index in [1.54, 1.807) is 0 Å². The van der Waals surface area contributed by atoms with Gasteiger partial charge in [-0.2, -0.15) is 8.42 Å². The maximum atomic E-state index is 11.9. The predicted octanol–water partition coefficient (Wildman–Crippen LogP) is 0.0230. The van der Waals surface area contributed by atoms with E-state index in [-0.39, 0.29) is 5.92 Å². The second-order valence-electron chi connectivity index (χ2n) is 2.71. The zero-order valence-corrected chi connectivity index (χ0v) is 6.27. The highest BCUT2D eigenvalue weighted by Gasteiger charge is 2.31. The lowest BCUT2D eigenvalue weighted by Gasteiger charge is -2.04. The molecule has 1 rings (SSSR count). The summed E-state index contributed by atoms with van der Waals surface area (Å²) in [6.07, 6.45) is 1.88. The van der Waals surface area contributed by atoms with Crippen molar-refractivity contribution in [1.29, 1.82) is 0 Å². The summed E-state index contributed by atoms with van der Waals surface area (Å²) in [4.78, 5) is 0. The van der Waals surface area contributed by atoms with Crippen molar-refractivity contribution in [2.24, 2.45) is 11.7 Å². The van der Waals surface area contributed by atoms with Gasteiger partial charge in [0.05, 0.1) is 5.75 Å². The van der Waals surface area contributed by atoms with Gasteiger partial charge in [0.15, 0.2) is 0 Å². The van der Waals surface area contributed by atoms with Gasteiger partial charge in [0.2, 0.25) is 0 Å². The summed E-state index contributed by atoms with van der Waals surface area (Å²) in [5, 5.41) is 0. The van der Waals surface area contributed by atoms with Crippen molar-refractivity contribution >= 4 is 10.2 Å². The van der Waals surface area contributed by atoms with Gasteiger partial charge in [-0.25, -0.2) is 0 Å². The number of halogens is 1. The molecule has 1 atom stereocenters. The molecule has 0 heterocycles. The van der Waals surface area contributed by atoms with Crippen LogP contribution in [-0.4, -0.2) is 20.2 Å². The summed E-state index contributed by atoms with van der Waals surface area (Å²) in [5.41, 5.74) is 5.35. The van der Waals surface area contributed by atoms with Crippen molar-refractivity contribution in [1.82, 2.24) is 0 Å². The first-order valence-electron chi connectivity index (χ1n) is 3.17. The van der Waals surface area contributed by atoms with Crippen LogP contribution in [0.4, 0.5) is 3.89 Å². The van der Waals surface area contributed by atoms with Gasteiger partial charge in [0.1, 0.15) is 0 Å². The summed E-state index contributed by atoms with van der Waals surface area (Å²) < 4.78 is 32.0. The van der Waals surface area contributed by atoms with E-state index in [4.69, 9.17) is 5.73 Å². The molecule has 1 fully saturated rings. The van der Waals surface area contributed by atoms with Crippen LogP contribution in [0.3, 0.4) is 0 Å². The Labute approximate surface area is 59.6 Å². The van der Waals surface area contributed by atoms with Gasteiger partial charge in [-0.05, 0) is 18.8 Å². The molecule has 0 aromatic heterocycles. The molecular formula is C5H10FNO2S. The van der Waals surface area contributed by atoms with E-state index < -0.39 is 22.0 Å². The molecule has 1 saturated carbocycles. The third kappa shape index (κ3) is 2.62. The maximum absolute atomic E-state index is 11.9. The normalized spacial score (nSPS) is 22.6. The molecule has 0 aliphatic heterocycles. The molecule has 0 bridgehead atoms. The molecule has 2 N–H and O–H groups in total. The van der Waals surface area contributed by atoms with Gasteiger partial charge in [-0.3, -0.25) is 0 Å². The zero-order chi connectivity index (χ0) is 7.78. The molecule has 0 amide bonds. The van der Waals surface area contributed by atoms with Crippen molar-refractivity contribution in [3.05, 3.63) is 0 Å². The van der Waals surface area contributed by atoms with E-state index in [2.05, 4.69) is 0 Å². The molecule has 5 heteroatoms. The molecule has 3 nitrogen and oxygen atoms in total. The minimum absolute atomic E-state index is 0.241. The standard InChI is InChI=1S/C5H10FNO2S/c6-10(8,9)3-5(7)4-1-2-4/h4-5H,1-3,7H2. The maximum Gasteiger partial charge on any atom is 0.303 e. The topological polar surface area (TPSA) is 60.2 Å². The van der Waals surface area contributed by atoms with Gasteiger partial charge in [0, 0.05) is 6.04 Å². The van der Waals surface area contributed by atoms with Gasteiger partial charge >= 0.3 is 10.2 Å². The predicted molar refractivity (Wildman–Crippen MR) is 35.6 cm³/mol. The summed E-state index contributed by atoms with van der Waals surface area (Å²) in [7, 11) is -4.35. The first-order valence-corrected chi connectivity index (χ1v) is 4.72. The summed E-state index contributed by atoms with van der Waals surface area (Å²) in [6, 6.07) is -0.491. The Morgan fingerprint density at radius 2 is 2.10 bits per heavy atom. The van der Waals surface area contributed by atoms with Crippen LogP contribution in [0.1, 0.15) is 12.8 Å². The average Bonchev–Trinajstić information content (AvgIpc) is 2.35. The number of nitrogens with two attached hydrogens (primary N) is 1. The van der Waals surface area contributed by atoms with Crippen LogP contribution < -0.4 is 5.73 Å².